The molecule has 1 atom stereocenters. The number of nitrogens with one attached hydrogen (secondary N) is 1. The van der Waals surface area contributed by atoms with Gasteiger partial charge in [-0.25, -0.2) is 0 Å². The Kier molecular flexibility index (Phi) is 5.52. The molecule has 130 valence electrons. The summed E-state index contributed by atoms with van der Waals surface area (Å²) in [7, 11) is 0. The summed E-state index contributed by atoms with van der Waals surface area (Å²) < 4.78 is 0. The van der Waals surface area contributed by atoms with Crippen molar-refractivity contribution in [2.45, 2.75) is 18.9 Å². The Bertz CT molecular complexity index is 805. The van der Waals surface area contributed by atoms with Gasteiger partial charge in [0.1, 0.15) is 6.04 Å². The van der Waals surface area contributed by atoms with Gasteiger partial charge in [-0.05, 0) is 49.2 Å². The summed E-state index contributed by atoms with van der Waals surface area (Å²) in [5.74, 6) is -0.491. The zero-order chi connectivity index (χ0) is 18.0. The van der Waals surface area contributed by atoms with Crippen LogP contribution in [0.1, 0.15) is 23.2 Å². The number of likely N-dealkylation sites (tertiary alicyclic amines) is 1. The zero-order valence-corrected chi connectivity index (χ0v) is 15.4. The van der Waals surface area contributed by atoms with Crippen LogP contribution in [0.4, 0.5) is 5.69 Å². The van der Waals surface area contributed by atoms with Gasteiger partial charge in [0.25, 0.3) is 5.91 Å². The van der Waals surface area contributed by atoms with Crippen molar-refractivity contribution >= 4 is 52.3 Å². The molecule has 0 aliphatic carbocycles. The minimum atomic E-state index is -0.538. The van der Waals surface area contributed by atoms with E-state index in [0.29, 0.717) is 39.3 Å². The lowest BCUT2D eigenvalue weighted by Gasteiger charge is -2.24. The van der Waals surface area contributed by atoms with E-state index in [-0.39, 0.29) is 11.8 Å². The second-order valence-corrected chi connectivity index (χ2v) is 7.12. The summed E-state index contributed by atoms with van der Waals surface area (Å²) in [5.41, 5.74) is 0.975. The van der Waals surface area contributed by atoms with Crippen LogP contribution in [0.25, 0.3) is 0 Å². The summed E-state index contributed by atoms with van der Waals surface area (Å²) in [5, 5.41) is 4.12. The van der Waals surface area contributed by atoms with Crippen LogP contribution in [0.2, 0.25) is 15.1 Å². The second kappa shape index (κ2) is 7.65. The van der Waals surface area contributed by atoms with Gasteiger partial charge in [0, 0.05) is 32.9 Å². The standard InChI is InChI=1S/C18H15Cl3N2O2/c19-12-3-1-4-15(10-12)22-17(24)16-5-2-6-23(16)18(25)11-7-13(20)9-14(21)8-11/h1,3-4,7-10,16H,2,5-6H2,(H,22,24). The van der Waals surface area contributed by atoms with E-state index in [9.17, 15) is 9.59 Å². The van der Waals surface area contributed by atoms with E-state index in [1.165, 1.54) is 0 Å². The number of carbonyl (C=O) groups excluding carboxylic acids is 2. The van der Waals surface area contributed by atoms with Gasteiger partial charge in [0.2, 0.25) is 5.91 Å². The molecule has 25 heavy (non-hydrogen) atoms. The van der Waals surface area contributed by atoms with Gasteiger partial charge < -0.3 is 10.2 Å². The smallest absolute Gasteiger partial charge is 0.254 e. The molecule has 7 heteroatoms. The fourth-order valence-corrected chi connectivity index (χ4v) is 3.63. The molecule has 1 aliphatic heterocycles. The largest absolute Gasteiger partial charge is 0.327 e. The lowest BCUT2D eigenvalue weighted by atomic mass is 10.1. The van der Waals surface area contributed by atoms with E-state index in [1.54, 1.807) is 47.4 Å². The number of anilines is 1. The molecule has 1 heterocycles. The Balaban J connectivity index is 1.77. The Hall–Kier alpha value is -1.75. The number of nitrogens with zero attached hydrogens (tertiary/aromatic N) is 1. The molecule has 0 saturated carbocycles. The average Bonchev–Trinajstić information content (AvgIpc) is 3.03. The molecule has 4 nitrogen and oxygen atoms in total. The SMILES string of the molecule is O=C(Nc1cccc(Cl)c1)C1CCCN1C(=O)c1cc(Cl)cc(Cl)c1. The van der Waals surface area contributed by atoms with E-state index >= 15 is 0 Å². The third-order valence-electron chi connectivity index (χ3n) is 4.02. The highest BCUT2D eigenvalue weighted by Gasteiger charge is 2.34. The van der Waals surface area contributed by atoms with Crippen LogP contribution in [0.5, 0.6) is 0 Å². The normalized spacial score (nSPS) is 16.8. The number of hydrogen-bond acceptors (Lipinski definition) is 2. The van der Waals surface area contributed by atoms with E-state index in [1.807, 2.05) is 0 Å². The minimum Gasteiger partial charge on any atom is -0.327 e. The van der Waals surface area contributed by atoms with Crippen LogP contribution >= 0.6 is 34.8 Å². The third kappa shape index (κ3) is 4.27. The van der Waals surface area contributed by atoms with Crippen molar-refractivity contribution in [1.82, 2.24) is 4.90 Å². The predicted octanol–water partition coefficient (Wildman–Crippen LogP) is 4.89. The van der Waals surface area contributed by atoms with Gasteiger partial charge >= 0.3 is 0 Å². The zero-order valence-electron chi connectivity index (χ0n) is 13.1. The molecule has 1 aliphatic rings. The summed E-state index contributed by atoms with van der Waals surface area (Å²) in [6.45, 7) is 0.511. The first-order valence-electron chi connectivity index (χ1n) is 7.77. The molecule has 2 amide bonds. The molecule has 2 aromatic carbocycles. The quantitative estimate of drug-likeness (QED) is 0.801. The molecule has 1 fully saturated rings. The number of benzene rings is 2. The van der Waals surface area contributed by atoms with Crippen LogP contribution < -0.4 is 5.32 Å². The van der Waals surface area contributed by atoms with Gasteiger partial charge in [-0.2, -0.15) is 0 Å². The Morgan fingerprint density at radius 2 is 1.72 bits per heavy atom. The van der Waals surface area contributed by atoms with E-state index in [4.69, 9.17) is 34.8 Å². The fraction of sp³-hybridized carbons (Fsp3) is 0.222. The maximum Gasteiger partial charge on any atom is 0.254 e. The van der Waals surface area contributed by atoms with Crippen molar-refractivity contribution in [3.8, 4) is 0 Å². The number of amides is 2. The fourth-order valence-electron chi connectivity index (χ4n) is 2.92. The number of halogens is 3. The minimum absolute atomic E-state index is 0.235. The van der Waals surface area contributed by atoms with Gasteiger partial charge in [0.15, 0.2) is 0 Å². The van der Waals surface area contributed by atoms with Gasteiger partial charge in [0.05, 0.1) is 0 Å². The Morgan fingerprint density at radius 1 is 1.00 bits per heavy atom. The molecule has 0 radical (unpaired) electrons. The summed E-state index contributed by atoms with van der Waals surface area (Å²) in [6.07, 6.45) is 1.36. The van der Waals surface area contributed by atoms with E-state index < -0.39 is 6.04 Å². The molecule has 0 bridgehead atoms. The molecular formula is C18H15Cl3N2O2. The van der Waals surface area contributed by atoms with Crippen LogP contribution in [0.15, 0.2) is 42.5 Å². The molecule has 0 spiro atoms. The molecule has 3 rings (SSSR count). The molecule has 0 aromatic heterocycles. The van der Waals surface area contributed by atoms with Crippen molar-refractivity contribution in [2.24, 2.45) is 0 Å². The summed E-state index contributed by atoms with van der Waals surface area (Å²) >= 11 is 17.9. The average molecular weight is 398 g/mol. The van der Waals surface area contributed by atoms with Crippen LogP contribution in [0.3, 0.4) is 0 Å². The maximum atomic E-state index is 12.8. The first-order chi connectivity index (χ1) is 11.9. The predicted molar refractivity (Wildman–Crippen MR) is 101 cm³/mol. The highest BCUT2D eigenvalue weighted by Crippen LogP contribution is 2.25. The molecule has 1 N–H and O–H groups in total. The summed E-state index contributed by atoms with van der Waals surface area (Å²) in [4.78, 5) is 26.9. The van der Waals surface area contributed by atoms with E-state index in [0.717, 1.165) is 6.42 Å². The molecular weight excluding hydrogens is 383 g/mol. The van der Waals surface area contributed by atoms with Crippen molar-refractivity contribution in [3.63, 3.8) is 0 Å². The van der Waals surface area contributed by atoms with Crippen molar-refractivity contribution in [2.75, 3.05) is 11.9 Å². The second-order valence-electron chi connectivity index (χ2n) is 5.81. The van der Waals surface area contributed by atoms with Crippen LogP contribution in [0, 0.1) is 0 Å². The topological polar surface area (TPSA) is 49.4 Å². The van der Waals surface area contributed by atoms with E-state index in [2.05, 4.69) is 5.32 Å². The van der Waals surface area contributed by atoms with Crippen molar-refractivity contribution in [3.05, 3.63) is 63.1 Å². The third-order valence-corrected chi connectivity index (χ3v) is 4.69. The first kappa shape index (κ1) is 18.1. The Morgan fingerprint density at radius 3 is 2.40 bits per heavy atom. The molecule has 1 saturated heterocycles. The maximum absolute atomic E-state index is 12.8. The highest BCUT2D eigenvalue weighted by molar-refractivity contribution is 6.35. The van der Waals surface area contributed by atoms with Gasteiger partial charge in [-0.1, -0.05) is 40.9 Å². The number of carbonyl (C=O) groups is 2. The van der Waals surface area contributed by atoms with Gasteiger partial charge in [-0.3, -0.25) is 9.59 Å². The van der Waals surface area contributed by atoms with Crippen molar-refractivity contribution in [1.29, 1.82) is 0 Å². The lowest BCUT2D eigenvalue weighted by molar-refractivity contribution is -0.119. The van der Waals surface area contributed by atoms with Gasteiger partial charge in [-0.15, -0.1) is 0 Å². The summed E-state index contributed by atoms with van der Waals surface area (Å²) in [6, 6.07) is 11.0. The van der Waals surface area contributed by atoms with Crippen LogP contribution in [-0.2, 0) is 4.79 Å². The highest BCUT2D eigenvalue weighted by atomic mass is 35.5. The lowest BCUT2D eigenvalue weighted by Crippen LogP contribution is -2.43. The first-order valence-corrected chi connectivity index (χ1v) is 8.91. The molecule has 1 unspecified atom stereocenters. The monoisotopic (exact) mass is 396 g/mol. The van der Waals surface area contributed by atoms with Crippen LogP contribution in [-0.4, -0.2) is 29.3 Å². The molecule has 2 aromatic rings. The Labute approximate surface area is 160 Å². The number of hydrogen-bond donors (Lipinski definition) is 1. The number of rotatable bonds is 3. The van der Waals surface area contributed by atoms with Crippen molar-refractivity contribution < 1.29 is 9.59 Å².